The third kappa shape index (κ3) is 3.12. The van der Waals surface area contributed by atoms with Gasteiger partial charge in [-0.1, -0.05) is 56.1 Å². The van der Waals surface area contributed by atoms with Gasteiger partial charge in [0.25, 0.3) is 0 Å². The van der Waals surface area contributed by atoms with Crippen LogP contribution in [0.25, 0.3) is 0 Å². The highest BCUT2D eigenvalue weighted by Gasteiger charge is 2.11. The van der Waals surface area contributed by atoms with Gasteiger partial charge in [0.15, 0.2) is 0 Å². The van der Waals surface area contributed by atoms with Crippen molar-refractivity contribution in [1.29, 1.82) is 0 Å². The van der Waals surface area contributed by atoms with Crippen molar-refractivity contribution in [2.75, 3.05) is 0 Å². The molecule has 0 spiro atoms. The van der Waals surface area contributed by atoms with E-state index in [0.717, 1.165) is 20.1 Å². The fourth-order valence-electron chi connectivity index (χ4n) is 1.59. The van der Waals surface area contributed by atoms with E-state index in [1.807, 2.05) is 24.3 Å². The molecule has 2 rings (SSSR count). The van der Waals surface area contributed by atoms with Gasteiger partial charge < -0.3 is 0 Å². The maximum Gasteiger partial charge on any atom is 0.0835 e. The molecule has 2 aromatic carbocycles. The van der Waals surface area contributed by atoms with Crippen molar-refractivity contribution in [2.45, 2.75) is 12.3 Å². The average Bonchev–Trinajstić information content (AvgIpc) is 2.33. The molecular weight excluding hydrogens is 363 g/mol. The Morgan fingerprint density at radius 3 is 2.12 bits per heavy atom. The molecule has 0 nitrogen and oxygen atoms in total. The number of hydrogen-bond donors (Lipinski definition) is 0. The van der Waals surface area contributed by atoms with E-state index in [1.165, 1.54) is 5.56 Å². The van der Waals surface area contributed by atoms with E-state index in [4.69, 9.17) is 11.6 Å². The van der Waals surface area contributed by atoms with Crippen LogP contribution >= 0.6 is 43.5 Å². The summed E-state index contributed by atoms with van der Waals surface area (Å²) in [6.07, 6.45) is 0. The Kier molecular flexibility index (Phi) is 4.29. The van der Waals surface area contributed by atoms with E-state index in [-0.39, 0.29) is 5.38 Å². The lowest BCUT2D eigenvalue weighted by Gasteiger charge is -2.11. The van der Waals surface area contributed by atoms with Crippen LogP contribution in [0.4, 0.5) is 0 Å². The van der Waals surface area contributed by atoms with Crippen LogP contribution in [-0.4, -0.2) is 0 Å². The molecule has 0 aromatic heterocycles. The first-order valence-corrected chi connectivity index (χ1v) is 7.26. The Hall–Kier alpha value is -0.310. The Morgan fingerprint density at radius 2 is 1.53 bits per heavy atom. The second kappa shape index (κ2) is 5.55. The normalized spacial score (nSPS) is 12.5. The highest BCUT2D eigenvalue weighted by Crippen LogP contribution is 2.31. The number of alkyl halides is 1. The molecule has 0 N–H and O–H groups in total. The molecule has 0 fully saturated rings. The predicted octanol–water partition coefficient (Wildman–Crippen LogP) is 5.85. The summed E-state index contributed by atoms with van der Waals surface area (Å²) >= 11 is 13.4. The third-order valence-corrected chi connectivity index (χ3v) is 4.54. The highest BCUT2D eigenvalue weighted by molar-refractivity contribution is 9.10. The van der Waals surface area contributed by atoms with Crippen molar-refractivity contribution >= 4 is 43.5 Å². The van der Waals surface area contributed by atoms with Gasteiger partial charge in [-0.2, -0.15) is 0 Å². The second-order valence-corrected chi connectivity index (χ2v) is 6.13. The minimum absolute atomic E-state index is 0.111. The smallest absolute Gasteiger partial charge is 0.0835 e. The lowest BCUT2D eigenvalue weighted by Crippen LogP contribution is -1.93. The summed E-state index contributed by atoms with van der Waals surface area (Å²) in [6, 6.07) is 14.3. The molecule has 3 heteroatoms. The van der Waals surface area contributed by atoms with Gasteiger partial charge in [-0.3, -0.25) is 0 Å². The molecule has 0 saturated heterocycles. The molecule has 0 heterocycles. The van der Waals surface area contributed by atoms with Gasteiger partial charge in [-0.15, -0.1) is 11.6 Å². The van der Waals surface area contributed by atoms with Crippen molar-refractivity contribution in [3.8, 4) is 0 Å². The monoisotopic (exact) mass is 372 g/mol. The quantitative estimate of drug-likeness (QED) is 0.579. The summed E-state index contributed by atoms with van der Waals surface area (Å²) in [7, 11) is 0. The summed E-state index contributed by atoms with van der Waals surface area (Å²) in [5.41, 5.74) is 3.42. The summed E-state index contributed by atoms with van der Waals surface area (Å²) in [4.78, 5) is 0. The maximum absolute atomic E-state index is 6.47. The number of halogens is 3. The summed E-state index contributed by atoms with van der Waals surface area (Å²) < 4.78 is 2.16. The summed E-state index contributed by atoms with van der Waals surface area (Å²) in [5, 5.41) is -0.111. The van der Waals surface area contributed by atoms with Crippen molar-refractivity contribution in [3.05, 3.63) is 68.1 Å². The first kappa shape index (κ1) is 13.1. The minimum Gasteiger partial charge on any atom is -0.113 e. The molecule has 88 valence electrons. The Labute approximate surface area is 123 Å². The molecule has 0 saturated carbocycles. The summed E-state index contributed by atoms with van der Waals surface area (Å²) in [5.74, 6) is 0. The van der Waals surface area contributed by atoms with E-state index in [1.54, 1.807) is 0 Å². The second-order valence-electron chi connectivity index (χ2n) is 3.92. The molecule has 2 aromatic rings. The van der Waals surface area contributed by atoms with Gasteiger partial charge in [0.1, 0.15) is 0 Å². The Morgan fingerprint density at radius 1 is 0.941 bits per heavy atom. The van der Waals surface area contributed by atoms with Gasteiger partial charge in [0.2, 0.25) is 0 Å². The largest absolute Gasteiger partial charge is 0.113 e. The first-order chi connectivity index (χ1) is 8.08. The fourth-order valence-corrected chi connectivity index (χ4v) is 2.53. The highest BCUT2D eigenvalue weighted by atomic mass is 79.9. The van der Waals surface area contributed by atoms with Gasteiger partial charge in [-0.05, 0) is 41.8 Å². The van der Waals surface area contributed by atoms with Crippen molar-refractivity contribution in [3.63, 3.8) is 0 Å². The van der Waals surface area contributed by atoms with E-state index in [9.17, 15) is 0 Å². The Balaban J connectivity index is 2.33. The van der Waals surface area contributed by atoms with E-state index >= 15 is 0 Å². The SMILES string of the molecule is Cc1ccc(C(Cl)c2ccc(Br)cc2)cc1Br. The zero-order valence-corrected chi connectivity index (χ0v) is 13.2. The van der Waals surface area contributed by atoms with Crippen LogP contribution in [0.3, 0.4) is 0 Å². The molecule has 1 unspecified atom stereocenters. The van der Waals surface area contributed by atoms with Gasteiger partial charge in [0.05, 0.1) is 5.38 Å². The van der Waals surface area contributed by atoms with Gasteiger partial charge in [-0.25, -0.2) is 0 Å². The van der Waals surface area contributed by atoms with Crippen LogP contribution in [-0.2, 0) is 0 Å². The molecular formula is C14H11Br2Cl. The van der Waals surface area contributed by atoms with Crippen molar-refractivity contribution in [2.24, 2.45) is 0 Å². The van der Waals surface area contributed by atoms with Crippen LogP contribution in [0.5, 0.6) is 0 Å². The topological polar surface area (TPSA) is 0 Å². The molecule has 0 amide bonds. The third-order valence-electron chi connectivity index (χ3n) is 2.65. The fraction of sp³-hybridized carbons (Fsp3) is 0.143. The van der Waals surface area contributed by atoms with Crippen molar-refractivity contribution in [1.82, 2.24) is 0 Å². The molecule has 17 heavy (non-hydrogen) atoms. The van der Waals surface area contributed by atoms with Gasteiger partial charge in [0, 0.05) is 8.95 Å². The zero-order chi connectivity index (χ0) is 12.4. The van der Waals surface area contributed by atoms with E-state index in [2.05, 4.69) is 57.0 Å². The van der Waals surface area contributed by atoms with Crippen LogP contribution in [0.15, 0.2) is 51.4 Å². The molecule has 0 radical (unpaired) electrons. The lowest BCUT2D eigenvalue weighted by atomic mass is 10.0. The van der Waals surface area contributed by atoms with Crippen molar-refractivity contribution < 1.29 is 0 Å². The predicted molar refractivity (Wildman–Crippen MR) is 80.7 cm³/mol. The number of rotatable bonds is 2. The molecule has 0 bridgehead atoms. The van der Waals surface area contributed by atoms with Crippen LogP contribution in [0.1, 0.15) is 22.1 Å². The molecule has 0 aliphatic carbocycles. The van der Waals surface area contributed by atoms with E-state index < -0.39 is 0 Å². The summed E-state index contributed by atoms with van der Waals surface area (Å²) in [6.45, 7) is 2.07. The lowest BCUT2D eigenvalue weighted by molar-refractivity contribution is 1.13. The standard InChI is InChI=1S/C14H11Br2Cl/c1-9-2-3-11(8-13(9)16)14(17)10-4-6-12(15)7-5-10/h2-8,14H,1H3. The van der Waals surface area contributed by atoms with E-state index in [0.29, 0.717) is 0 Å². The Bertz CT molecular complexity index is 520. The molecule has 1 atom stereocenters. The molecule has 0 aliphatic heterocycles. The minimum atomic E-state index is -0.111. The van der Waals surface area contributed by atoms with Crippen LogP contribution < -0.4 is 0 Å². The number of benzene rings is 2. The molecule has 0 aliphatic rings. The van der Waals surface area contributed by atoms with Crippen LogP contribution in [0, 0.1) is 6.92 Å². The van der Waals surface area contributed by atoms with Crippen LogP contribution in [0.2, 0.25) is 0 Å². The number of aryl methyl sites for hydroxylation is 1. The van der Waals surface area contributed by atoms with Gasteiger partial charge >= 0.3 is 0 Å². The average molecular weight is 375 g/mol. The maximum atomic E-state index is 6.47. The first-order valence-electron chi connectivity index (χ1n) is 5.23. The zero-order valence-electron chi connectivity index (χ0n) is 9.25. The number of hydrogen-bond acceptors (Lipinski definition) is 0.